The van der Waals surface area contributed by atoms with E-state index in [2.05, 4.69) is 4.36 Å². The minimum Gasteiger partial charge on any atom is -0.249 e. The SMILES string of the molecule is O=S1(=Nc2ccc(F)c(F)c2)CCC1. The fourth-order valence-corrected chi connectivity index (χ4v) is 2.68. The Labute approximate surface area is 81.1 Å². The Morgan fingerprint density at radius 1 is 1.21 bits per heavy atom. The summed E-state index contributed by atoms with van der Waals surface area (Å²) in [5, 5.41) is 0. The van der Waals surface area contributed by atoms with Crippen LogP contribution in [0.4, 0.5) is 14.5 Å². The van der Waals surface area contributed by atoms with Crippen molar-refractivity contribution in [3.63, 3.8) is 0 Å². The van der Waals surface area contributed by atoms with Crippen LogP contribution < -0.4 is 0 Å². The summed E-state index contributed by atoms with van der Waals surface area (Å²) >= 11 is 0. The smallest absolute Gasteiger partial charge is 0.160 e. The summed E-state index contributed by atoms with van der Waals surface area (Å²) in [6.45, 7) is 0. The van der Waals surface area contributed by atoms with E-state index in [1.54, 1.807) is 0 Å². The Hall–Kier alpha value is -0.970. The van der Waals surface area contributed by atoms with Gasteiger partial charge in [-0.2, -0.15) is 4.36 Å². The maximum Gasteiger partial charge on any atom is 0.160 e. The lowest BCUT2D eigenvalue weighted by molar-refractivity contribution is 0.509. The Balaban J connectivity index is 2.39. The molecule has 76 valence electrons. The fourth-order valence-electron chi connectivity index (χ4n) is 1.22. The molecule has 0 unspecified atom stereocenters. The molecule has 2 nitrogen and oxygen atoms in total. The Morgan fingerprint density at radius 2 is 1.93 bits per heavy atom. The first-order chi connectivity index (χ1) is 6.59. The van der Waals surface area contributed by atoms with Gasteiger partial charge in [0, 0.05) is 17.6 Å². The van der Waals surface area contributed by atoms with Gasteiger partial charge in [-0.25, -0.2) is 13.0 Å². The molecule has 1 aliphatic heterocycles. The first kappa shape index (κ1) is 9.58. The van der Waals surface area contributed by atoms with E-state index < -0.39 is 21.4 Å². The van der Waals surface area contributed by atoms with Gasteiger partial charge in [0.1, 0.15) is 0 Å². The normalized spacial score (nSPS) is 18.7. The van der Waals surface area contributed by atoms with Crippen molar-refractivity contribution in [2.45, 2.75) is 6.42 Å². The van der Waals surface area contributed by atoms with Crippen LogP contribution in [0.15, 0.2) is 22.6 Å². The van der Waals surface area contributed by atoms with Crippen molar-refractivity contribution in [1.82, 2.24) is 0 Å². The van der Waals surface area contributed by atoms with Gasteiger partial charge in [0.15, 0.2) is 11.6 Å². The zero-order chi connectivity index (χ0) is 10.2. The molecule has 0 amide bonds. The molecule has 1 aliphatic rings. The fraction of sp³-hybridized carbons (Fsp3) is 0.333. The molecular formula is C9H9F2NOS. The highest BCUT2D eigenvalue weighted by molar-refractivity contribution is 7.95. The number of nitrogens with zero attached hydrogens (tertiary/aromatic N) is 1. The first-order valence-corrected chi connectivity index (χ1v) is 6.12. The predicted molar refractivity (Wildman–Crippen MR) is 50.9 cm³/mol. The predicted octanol–water partition coefficient (Wildman–Crippen LogP) is 2.47. The average molecular weight is 217 g/mol. The van der Waals surface area contributed by atoms with Crippen LogP contribution >= 0.6 is 0 Å². The van der Waals surface area contributed by atoms with Gasteiger partial charge in [0.25, 0.3) is 0 Å². The topological polar surface area (TPSA) is 29.4 Å². The van der Waals surface area contributed by atoms with Crippen LogP contribution in [0.25, 0.3) is 0 Å². The van der Waals surface area contributed by atoms with E-state index in [9.17, 15) is 13.0 Å². The lowest BCUT2D eigenvalue weighted by atomic mass is 10.3. The summed E-state index contributed by atoms with van der Waals surface area (Å²) in [6.07, 6.45) is 0.895. The van der Waals surface area contributed by atoms with Crippen LogP contribution in [0.2, 0.25) is 0 Å². The summed E-state index contributed by atoms with van der Waals surface area (Å²) in [7, 11) is -2.14. The monoisotopic (exact) mass is 217 g/mol. The van der Waals surface area contributed by atoms with E-state index in [-0.39, 0.29) is 5.69 Å². The van der Waals surface area contributed by atoms with Gasteiger partial charge in [0.05, 0.1) is 15.4 Å². The molecule has 0 atom stereocenters. The molecule has 5 heteroatoms. The number of rotatable bonds is 1. The Morgan fingerprint density at radius 3 is 2.43 bits per heavy atom. The lowest BCUT2D eigenvalue weighted by Crippen LogP contribution is -2.22. The van der Waals surface area contributed by atoms with Crippen LogP contribution in [0, 0.1) is 11.6 Å². The quantitative estimate of drug-likeness (QED) is 0.710. The van der Waals surface area contributed by atoms with Gasteiger partial charge >= 0.3 is 0 Å². The number of benzene rings is 1. The van der Waals surface area contributed by atoms with E-state index in [4.69, 9.17) is 0 Å². The highest BCUT2D eigenvalue weighted by Gasteiger charge is 2.19. The van der Waals surface area contributed by atoms with E-state index in [1.165, 1.54) is 6.07 Å². The van der Waals surface area contributed by atoms with Crippen molar-refractivity contribution in [3.8, 4) is 0 Å². The second-order valence-electron chi connectivity index (χ2n) is 3.22. The molecule has 0 spiro atoms. The third-order valence-electron chi connectivity index (χ3n) is 2.10. The number of hydrogen-bond donors (Lipinski definition) is 0. The van der Waals surface area contributed by atoms with E-state index in [1.807, 2.05) is 0 Å². The van der Waals surface area contributed by atoms with Gasteiger partial charge in [-0.05, 0) is 18.6 Å². The molecule has 1 saturated heterocycles. The van der Waals surface area contributed by atoms with Crippen LogP contribution in [0.5, 0.6) is 0 Å². The molecule has 1 aromatic rings. The molecule has 0 bridgehead atoms. The zero-order valence-electron chi connectivity index (χ0n) is 7.37. The van der Waals surface area contributed by atoms with Crippen molar-refractivity contribution in [2.75, 3.05) is 11.5 Å². The van der Waals surface area contributed by atoms with E-state index >= 15 is 0 Å². The molecular weight excluding hydrogens is 208 g/mol. The number of halogens is 2. The average Bonchev–Trinajstić information content (AvgIpc) is 2.09. The van der Waals surface area contributed by atoms with Crippen molar-refractivity contribution in [3.05, 3.63) is 29.8 Å². The third kappa shape index (κ3) is 1.77. The number of hydrogen-bond acceptors (Lipinski definition) is 2. The van der Waals surface area contributed by atoms with Gasteiger partial charge < -0.3 is 0 Å². The second kappa shape index (κ2) is 3.31. The highest BCUT2D eigenvalue weighted by atomic mass is 32.2. The van der Waals surface area contributed by atoms with E-state index in [0.29, 0.717) is 11.5 Å². The highest BCUT2D eigenvalue weighted by Crippen LogP contribution is 2.22. The molecule has 0 aliphatic carbocycles. The molecule has 0 radical (unpaired) electrons. The van der Waals surface area contributed by atoms with Crippen molar-refractivity contribution in [1.29, 1.82) is 0 Å². The van der Waals surface area contributed by atoms with Crippen molar-refractivity contribution < 1.29 is 13.0 Å². The molecule has 14 heavy (non-hydrogen) atoms. The van der Waals surface area contributed by atoms with Crippen LogP contribution in [0.3, 0.4) is 0 Å². The first-order valence-electron chi connectivity index (χ1n) is 4.27. The molecule has 0 N–H and O–H groups in total. The van der Waals surface area contributed by atoms with Gasteiger partial charge in [-0.3, -0.25) is 0 Å². The minimum absolute atomic E-state index is 0.258. The van der Waals surface area contributed by atoms with Crippen LogP contribution in [-0.4, -0.2) is 15.7 Å². The molecule has 1 aromatic carbocycles. The Kier molecular flexibility index (Phi) is 2.26. The molecule has 1 fully saturated rings. The van der Waals surface area contributed by atoms with Crippen molar-refractivity contribution >= 4 is 15.4 Å². The van der Waals surface area contributed by atoms with Gasteiger partial charge in [-0.15, -0.1) is 0 Å². The second-order valence-corrected chi connectivity index (χ2v) is 5.77. The zero-order valence-corrected chi connectivity index (χ0v) is 8.19. The van der Waals surface area contributed by atoms with Gasteiger partial charge in [-0.1, -0.05) is 0 Å². The van der Waals surface area contributed by atoms with Crippen molar-refractivity contribution in [2.24, 2.45) is 4.36 Å². The lowest BCUT2D eigenvalue weighted by Gasteiger charge is -2.17. The largest absolute Gasteiger partial charge is 0.249 e. The summed E-state index contributed by atoms with van der Waals surface area (Å²) in [6, 6.07) is 3.30. The minimum atomic E-state index is -2.14. The van der Waals surface area contributed by atoms with Gasteiger partial charge in [0.2, 0.25) is 0 Å². The maximum atomic E-state index is 12.7. The summed E-state index contributed by atoms with van der Waals surface area (Å²) < 4.78 is 40.8. The van der Waals surface area contributed by atoms with E-state index in [0.717, 1.165) is 18.6 Å². The summed E-state index contributed by atoms with van der Waals surface area (Å²) in [4.78, 5) is 0. The molecule has 2 rings (SSSR count). The third-order valence-corrected chi connectivity index (χ3v) is 4.50. The van der Waals surface area contributed by atoms with Crippen LogP contribution in [-0.2, 0) is 9.73 Å². The van der Waals surface area contributed by atoms with Crippen LogP contribution in [0.1, 0.15) is 6.42 Å². The Bertz CT molecular complexity index is 468. The molecule has 0 aromatic heterocycles. The maximum absolute atomic E-state index is 12.7. The molecule has 1 heterocycles. The standard InChI is InChI=1S/C9H9F2NOS/c10-8-3-2-7(6-9(8)11)12-14(13)4-1-5-14/h2-3,6H,1,4-5H2. The summed E-state index contributed by atoms with van der Waals surface area (Å²) in [5.41, 5.74) is 0.258. The summed E-state index contributed by atoms with van der Waals surface area (Å²) in [5.74, 6) is -0.737. The molecule has 0 saturated carbocycles.